The van der Waals surface area contributed by atoms with Gasteiger partial charge >= 0.3 is 0 Å². The van der Waals surface area contributed by atoms with Gasteiger partial charge in [-0.05, 0) is 41.6 Å². The number of aliphatic hydroxyl groups is 1. The Morgan fingerprint density at radius 2 is 1.54 bits per heavy atom. The highest BCUT2D eigenvalue weighted by atomic mass is 16.3. The topological polar surface area (TPSA) is 77.8 Å². The van der Waals surface area contributed by atoms with Crippen molar-refractivity contribution in [2.24, 2.45) is 0 Å². The van der Waals surface area contributed by atoms with Crippen molar-refractivity contribution in [3.8, 4) is 5.75 Å². The van der Waals surface area contributed by atoms with Crippen molar-refractivity contribution in [2.45, 2.75) is 13.0 Å². The van der Waals surface area contributed by atoms with Gasteiger partial charge in [-0.3, -0.25) is 14.5 Å². The zero-order chi connectivity index (χ0) is 18.3. The average Bonchev–Trinajstić information content (AvgIpc) is 2.67. The molecule has 1 aliphatic heterocycles. The number of aliphatic hydroxyl groups excluding tert-OH is 1. The summed E-state index contributed by atoms with van der Waals surface area (Å²) in [6, 6.07) is 15.8. The van der Waals surface area contributed by atoms with E-state index in [1.54, 1.807) is 24.3 Å². The lowest BCUT2D eigenvalue weighted by Gasteiger charge is -2.27. The number of carbonyl (C=O) groups is 2. The van der Waals surface area contributed by atoms with Crippen LogP contribution in [0.2, 0.25) is 0 Å². The molecular weight excluding hydrogens is 330 g/mol. The lowest BCUT2D eigenvalue weighted by Crippen LogP contribution is -2.41. The molecule has 0 aliphatic carbocycles. The summed E-state index contributed by atoms with van der Waals surface area (Å²) in [6.45, 7) is -0.0331. The van der Waals surface area contributed by atoms with Crippen molar-refractivity contribution in [3.05, 3.63) is 76.9 Å². The number of phenols is 1. The van der Waals surface area contributed by atoms with E-state index >= 15 is 0 Å². The number of hydrogen-bond acceptors (Lipinski definition) is 4. The van der Waals surface area contributed by atoms with E-state index < -0.39 is 0 Å². The lowest BCUT2D eigenvalue weighted by atomic mass is 9.94. The lowest BCUT2D eigenvalue weighted by molar-refractivity contribution is 0.0612. The fourth-order valence-corrected chi connectivity index (χ4v) is 3.45. The first kappa shape index (κ1) is 16.3. The van der Waals surface area contributed by atoms with Crippen molar-refractivity contribution in [3.63, 3.8) is 0 Å². The van der Waals surface area contributed by atoms with E-state index in [2.05, 4.69) is 0 Å². The van der Waals surface area contributed by atoms with Gasteiger partial charge in [-0.2, -0.15) is 0 Å². The van der Waals surface area contributed by atoms with Crippen molar-refractivity contribution >= 4 is 22.6 Å². The maximum Gasteiger partial charge on any atom is 0.261 e. The van der Waals surface area contributed by atoms with Gasteiger partial charge in [0.15, 0.2) is 0 Å². The monoisotopic (exact) mass is 347 g/mol. The molecule has 5 heteroatoms. The Hall–Kier alpha value is -3.18. The standard InChI is InChI=1S/C21H17NO4/c23-12-15-11-13(7-8-18(15)24)9-10-22-20(25)16-5-1-3-14-4-2-6-17(19(14)16)21(22)26/h1-8,11,23-24H,9-10,12H2. The molecule has 0 radical (unpaired) electrons. The van der Waals surface area contributed by atoms with Gasteiger partial charge in [-0.1, -0.05) is 30.3 Å². The summed E-state index contributed by atoms with van der Waals surface area (Å²) in [5.41, 5.74) is 2.34. The van der Waals surface area contributed by atoms with Crippen molar-refractivity contribution in [2.75, 3.05) is 6.54 Å². The van der Waals surface area contributed by atoms with Gasteiger partial charge < -0.3 is 10.2 Å². The third-order valence-corrected chi connectivity index (χ3v) is 4.79. The van der Waals surface area contributed by atoms with Crippen LogP contribution < -0.4 is 0 Å². The molecule has 0 saturated heterocycles. The molecule has 0 aromatic heterocycles. The van der Waals surface area contributed by atoms with E-state index in [-0.39, 0.29) is 30.7 Å². The molecule has 1 aliphatic rings. The van der Waals surface area contributed by atoms with Crippen LogP contribution in [0.3, 0.4) is 0 Å². The molecule has 130 valence electrons. The summed E-state index contributed by atoms with van der Waals surface area (Å²) < 4.78 is 0. The Balaban J connectivity index is 1.65. The predicted octanol–water partition coefficient (Wildman–Crippen LogP) is 2.88. The van der Waals surface area contributed by atoms with Gasteiger partial charge in [0.25, 0.3) is 11.8 Å². The first-order valence-corrected chi connectivity index (χ1v) is 8.39. The first-order chi connectivity index (χ1) is 12.6. The Morgan fingerprint density at radius 1 is 0.885 bits per heavy atom. The third-order valence-electron chi connectivity index (χ3n) is 4.79. The fourth-order valence-electron chi connectivity index (χ4n) is 3.45. The summed E-state index contributed by atoms with van der Waals surface area (Å²) in [5.74, 6) is -0.553. The Kier molecular flexibility index (Phi) is 3.93. The van der Waals surface area contributed by atoms with Crippen LogP contribution in [0.4, 0.5) is 0 Å². The molecule has 2 amide bonds. The molecule has 3 aromatic carbocycles. The van der Waals surface area contributed by atoms with Crippen molar-refractivity contribution in [1.82, 2.24) is 4.90 Å². The highest BCUT2D eigenvalue weighted by molar-refractivity contribution is 6.25. The Morgan fingerprint density at radius 3 is 2.15 bits per heavy atom. The van der Waals surface area contributed by atoms with E-state index in [9.17, 15) is 19.8 Å². The molecule has 0 atom stereocenters. The first-order valence-electron chi connectivity index (χ1n) is 8.39. The Labute approximate surface area is 150 Å². The maximum atomic E-state index is 12.8. The molecule has 0 spiro atoms. The summed E-state index contributed by atoms with van der Waals surface area (Å²) in [5, 5.41) is 20.5. The van der Waals surface area contributed by atoms with E-state index in [0.717, 1.165) is 10.9 Å². The minimum Gasteiger partial charge on any atom is -0.508 e. The summed E-state index contributed by atoms with van der Waals surface area (Å²) in [7, 11) is 0. The SMILES string of the molecule is O=C1c2cccc3cccc(c23)C(=O)N1CCc1ccc(O)c(CO)c1. The number of aromatic hydroxyl groups is 1. The van der Waals surface area contributed by atoms with Gasteiger partial charge in [-0.25, -0.2) is 0 Å². The zero-order valence-corrected chi connectivity index (χ0v) is 14.0. The second-order valence-corrected chi connectivity index (χ2v) is 6.34. The fraction of sp³-hybridized carbons (Fsp3) is 0.143. The maximum absolute atomic E-state index is 12.8. The van der Waals surface area contributed by atoms with Gasteiger partial charge in [0, 0.05) is 28.6 Å². The number of carbonyl (C=O) groups excluding carboxylic acids is 2. The highest BCUT2D eigenvalue weighted by Gasteiger charge is 2.32. The number of nitrogens with zero attached hydrogens (tertiary/aromatic N) is 1. The Bertz CT molecular complexity index is 991. The zero-order valence-electron chi connectivity index (χ0n) is 14.0. The van der Waals surface area contributed by atoms with Crippen LogP contribution in [0, 0.1) is 0 Å². The van der Waals surface area contributed by atoms with E-state index in [1.165, 1.54) is 11.0 Å². The molecule has 0 fully saturated rings. The average molecular weight is 347 g/mol. The second-order valence-electron chi connectivity index (χ2n) is 6.34. The normalized spacial score (nSPS) is 13.5. The van der Waals surface area contributed by atoms with Gasteiger partial charge in [-0.15, -0.1) is 0 Å². The summed E-state index contributed by atoms with van der Waals surface area (Å²) in [6.07, 6.45) is 0.447. The van der Waals surface area contributed by atoms with Crippen LogP contribution in [0.5, 0.6) is 5.75 Å². The van der Waals surface area contributed by atoms with Crippen molar-refractivity contribution in [1.29, 1.82) is 0 Å². The third kappa shape index (κ3) is 2.53. The number of amides is 2. The molecule has 1 heterocycles. The van der Waals surface area contributed by atoms with Crippen LogP contribution >= 0.6 is 0 Å². The molecule has 3 aromatic rings. The smallest absolute Gasteiger partial charge is 0.261 e. The van der Waals surface area contributed by atoms with Crippen LogP contribution in [0.1, 0.15) is 31.8 Å². The van der Waals surface area contributed by atoms with E-state index in [1.807, 2.05) is 24.3 Å². The van der Waals surface area contributed by atoms with Crippen molar-refractivity contribution < 1.29 is 19.8 Å². The summed E-state index contributed by atoms with van der Waals surface area (Å²) >= 11 is 0. The number of imide groups is 1. The van der Waals surface area contributed by atoms with E-state index in [4.69, 9.17) is 0 Å². The predicted molar refractivity (Wildman–Crippen MR) is 97.0 cm³/mol. The molecule has 0 saturated carbocycles. The van der Waals surface area contributed by atoms with Crippen LogP contribution in [0.25, 0.3) is 10.8 Å². The van der Waals surface area contributed by atoms with Gasteiger partial charge in [0.1, 0.15) is 5.75 Å². The van der Waals surface area contributed by atoms with Crippen LogP contribution in [0.15, 0.2) is 54.6 Å². The molecule has 2 N–H and O–H groups in total. The van der Waals surface area contributed by atoms with Gasteiger partial charge in [0.05, 0.1) is 6.61 Å². The number of benzene rings is 3. The second kappa shape index (κ2) is 6.28. The van der Waals surface area contributed by atoms with E-state index in [0.29, 0.717) is 28.5 Å². The van der Waals surface area contributed by atoms with Crippen LogP contribution in [-0.4, -0.2) is 33.5 Å². The molecule has 5 nitrogen and oxygen atoms in total. The molecular formula is C21H17NO4. The summed E-state index contributed by atoms with van der Waals surface area (Å²) in [4.78, 5) is 26.9. The quantitative estimate of drug-likeness (QED) is 0.712. The molecule has 0 bridgehead atoms. The van der Waals surface area contributed by atoms with Gasteiger partial charge in [0.2, 0.25) is 0 Å². The minimum absolute atomic E-state index is 0.0296. The molecule has 0 unspecified atom stereocenters. The molecule has 26 heavy (non-hydrogen) atoms. The number of hydrogen-bond donors (Lipinski definition) is 2. The molecule has 4 rings (SSSR count). The number of rotatable bonds is 4. The minimum atomic E-state index is -0.291. The highest BCUT2D eigenvalue weighted by Crippen LogP contribution is 2.30. The largest absolute Gasteiger partial charge is 0.508 e. The van der Waals surface area contributed by atoms with Crippen LogP contribution in [-0.2, 0) is 13.0 Å².